The van der Waals surface area contributed by atoms with Crippen LogP contribution in [0.3, 0.4) is 0 Å². The Balaban J connectivity index is 3.19. The summed E-state index contributed by atoms with van der Waals surface area (Å²) >= 11 is 11.9. The summed E-state index contributed by atoms with van der Waals surface area (Å²) in [4.78, 5) is 0. The highest BCUT2D eigenvalue weighted by Gasteiger charge is 2.11. The van der Waals surface area contributed by atoms with Crippen molar-refractivity contribution in [2.75, 3.05) is 0 Å². The summed E-state index contributed by atoms with van der Waals surface area (Å²) in [7, 11) is 0. The van der Waals surface area contributed by atoms with Crippen LogP contribution in [0.1, 0.15) is 37.4 Å². The molecular weight excluding hydrogens is 217 g/mol. The van der Waals surface area contributed by atoms with Crippen LogP contribution in [0, 0.1) is 0 Å². The molecule has 0 aliphatic carbocycles. The average molecular weight is 232 g/mol. The first-order valence-electron chi connectivity index (χ1n) is 4.83. The van der Waals surface area contributed by atoms with Gasteiger partial charge in [0.25, 0.3) is 0 Å². The van der Waals surface area contributed by atoms with Gasteiger partial charge in [0.1, 0.15) is 0 Å². The van der Waals surface area contributed by atoms with Gasteiger partial charge in [-0.1, -0.05) is 37.0 Å². The SMILES string of the molecule is CCc1cc(Cl)c(Cl)cc1[C@@H](N)CC. The molecule has 0 saturated carbocycles. The lowest BCUT2D eigenvalue weighted by atomic mass is 9.97. The summed E-state index contributed by atoms with van der Waals surface area (Å²) in [6, 6.07) is 3.85. The van der Waals surface area contributed by atoms with Crippen molar-refractivity contribution >= 4 is 23.2 Å². The van der Waals surface area contributed by atoms with Crippen molar-refractivity contribution < 1.29 is 0 Å². The van der Waals surface area contributed by atoms with Crippen LogP contribution in [-0.4, -0.2) is 0 Å². The van der Waals surface area contributed by atoms with Gasteiger partial charge in [0.05, 0.1) is 10.0 Å². The summed E-state index contributed by atoms with van der Waals surface area (Å²) in [5.41, 5.74) is 8.29. The fraction of sp³-hybridized carbons (Fsp3) is 0.455. The van der Waals surface area contributed by atoms with Crippen molar-refractivity contribution in [2.24, 2.45) is 5.73 Å². The maximum atomic E-state index is 5.99. The molecular formula is C11H15Cl2N. The van der Waals surface area contributed by atoms with Crippen molar-refractivity contribution in [2.45, 2.75) is 32.7 Å². The molecule has 0 unspecified atom stereocenters. The first-order valence-corrected chi connectivity index (χ1v) is 5.59. The molecule has 1 rings (SSSR count). The van der Waals surface area contributed by atoms with E-state index in [1.807, 2.05) is 12.1 Å². The highest BCUT2D eigenvalue weighted by molar-refractivity contribution is 6.42. The number of nitrogens with two attached hydrogens (primary N) is 1. The van der Waals surface area contributed by atoms with Crippen LogP contribution in [0.25, 0.3) is 0 Å². The molecule has 0 aliphatic heterocycles. The van der Waals surface area contributed by atoms with Crippen LogP contribution in [0.2, 0.25) is 10.0 Å². The Morgan fingerprint density at radius 2 is 1.79 bits per heavy atom. The summed E-state index contributed by atoms with van der Waals surface area (Å²) in [6.45, 7) is 4.15. The van der Waals surface area contributed by atoms with Crippen molar-refractivity contribution in [1.82, 2.24) is 0 Å². The zero-order valence-corrected chi connectivity index (χ0v) is 9.99. The molecule has 0 amide bonds. The summed E-state index contributed by atoms with van der Waals surface area (Å²) in [5.74, 6) is 0. The van der Waals surface area contributed by atoms with Crippen molar-refractivity contribution in [3.05, 3.63) is 33.3 Å². The zero-order valence-electron chi connectivity index (χ0n) is 8.48. The Labute approximate surface area is 95.2 Å². The van der Waals surface area contributed by atoms with Crippen LogP contribution in [-0.2, 0) is 6.42 Å². The molecule has 3 heteroatoms. The first-order chi connectivity index (χ1) is 6.60. The van der Waals surface area contributed by atoms with Gasteiger partial charge >= 0.3 is 0 Å². The van der Waals surface area contributed by atoms with Crippen molar-refractivity contribution in [3.8, 4) is 0 Å². The lowest BCUT2D eigenvalue weighted by molar-refractivity contribution is 0.690. The van der Waals surface area contributed by atoms with Crippen LogP contribution in [0.4, 0.5) is 0 Å². The van der Waals surface area contributed by atoms with E-state index in [2.05, 4.69) is 13.8 Å². The molecule has 1 aromatic rings. The topological polar surface area (TPSA) is 26.0 Å². The molecule has 0 aromatic heterocycles. The molecule has 1 aromatic carbocycles. The van der Waals surface area contributed by atoms with Crippen LogP contribution in [0.5, 0.6) is 0 Å². The number of hydrogen-bond donors (Lipinski definition) is 1. The van der Waals surface area contributed by atoms with E-state index in [1.165, 1.54) is 5.56 Å². The third kappa shape index (κ3) is 2.41. The predicted octanol–water partition coefficient (Wildman–Crippen LogP) is 3.97. The fourth-order valence-electron chi connectivity index (χ4n) is 1.47. The standard InChI is InChI=1S/C11H15Cl2N/c1-3-7-5-9(12)10(13)6-8(7)11(14)4-2/h5-6,11H,3-4,14H2,1-2H3/t11-/m0/s1. The van der Waals surface area contributed by atoms with Crippen LogP contribution >= 0.6 is 23.2 Å². The first kappa shape index (κ1) is 11.8. The normalized spacial score (nSPS) is 12.9. The molecule has 0 aliphatic rings. The van der Waals surface area contributed by atoms with E-state index in [4.69, 9.17) is 28.9 Å². The monoisotopic (exact) mass is 231 g/mol. The van der Waals surface area contributed by atoms with E-state index in [-0.39, 0.29) is 6.04 Å². The van der Waals surface area contributed by atoms with Gasteiger partial charge in [-0.05, 0) is 36.1 Å². The molecule has 0 spiro atoms. The second-order valence-electron chi connectivity index (χ2n) is 3.33. The van der Waals surface area contributed by atoms with Gasteiger partial charge in [-0.3, -0.25) is 0 Å². The average Bonchev–Trinajstić information content (AvgIpc) is 2.20. The smallest absolute Gasteiger partial charge is 0.0595 e. The molecule has 0 bridgehead atoms. The van der Waals surface area contributed by atoms with Crippen LogP contribution < -0.4 is 5.73 Å². The Bertz CT molecular complexity index is 323. The van der Waals surface area contributed by atoms with E-state index in [0.29, 0.717) is 10.0 Å². The Kier molecular flexibility index (Phi) is 4.24. The number of aryl methyl sites for hydroxylation is 1. The minimum atomic E-state index is 0.0553. The van der Waals surface area contributed by atoms with Gasteiger partial charge in [-0.15, -0.1) is 0 Å². The Morgan fingerprint density at radius 3 is 2.29 bits per heavy atom. The van der Waals surface area contributed by atoms with Crippen molar-refractivity contribution in [3.63, 3.8) is 0 Å². The highest BCUT2D eigenvalue weighted by Crippen LogP contribution is 2.29. The number of halogens is 2. The van der Waals surface area contributed by atoms with Crippen LogP contribution in [0.15, 0.2) is 12.1 Å². The Hall–Kier alpha value is -0.240. The molecule has 0 fully saturated rings. The molecule has 1 atom stereocenters. The maximum Gasteiger partial charge on any atom is 0.0595 e. The van der Waals surface area contributed by atoms with Gasteiger partial charge in [0.15, 0.2) is 0 Å². The molecule has 0 radical (unpaired) electrons. The second kappa shape index (κ2) is 5.01. The lowest BCUT2D eigenvalue weighted by Crippen LogP contribution is -2.11. The van der Waals surface area contributed by atoms with E-state index in [0.717, 1.165) is 18.4 Å². The molecule has 1 nitrogen and oxygen atoms in total. The van der Waals surface area contributed by atoms with E-state index in [9.17, 15) is 0 Å². The second-order valence-corrected chi connectivity index (χ2v) is 4.15. The fourth-order valence-corrected chi connectivity index (χ4v) is 1.83. The van der Waals surface area contributed by atoms with E-state index in [1.54, 1.807) is 0 Å². The summed E-state index contributed by atoms with van der Waals surface area (Å²) < 4.78 is 0. The third-order valence-corrected chi connectivity index (χ3v) is 3.12. The molecule has 14 heavy (non-hydrogen) atoms. The third-order valence-electron chi connectivity index (χ3n) is 2.40. The summed E-state index contributed by atoms with van der Waals surface area (Å²) in [6.07, 6.45) is 1.84. The molecule has 78 valence electrons. The minimum absolute atomic E-state index is 0.0553. The predicted molar refractivity (Wildman–Crippen MR) is 63.1 cm³/mol. The maximum absolute atomic E-state index is 5.99. The van der Waals surface area contributed by atoms with Crippen molar-refractivity contribution in [1.29, 1.82) is 0 Å². The van der Waals surface area contributed by atoms with E-state index < -0.39 is 0 Å². The quantitative estimate of drug-likeness (QED) is 0.838. The molecule has 0 heterocycles. The van der Waals surface area contributed by atoms with Gasteiger partial charge in [-0.25, -0.2) is 0 Å². The largest absolute Gasteiger partial charge is 0.324 e. The summed E-state index contributed by atoms with van der Waals surface area (Å²) in [5, 5.41) is 1.19. The van der Waals surface area contributed by atoms with Gasteiger partial charge < -0.3 is 5.73 Å². The minimum Gasteiger partial charge on any atom is -0.324 e. The molecule has 0 saturated heterocycles. The lowest BCUT2D eigenvalue weighted by Gasteiger charge is -2.15. The zero-order chi connectivity index (χ0) is 10.7. The number of benzene rings is 1. The molecule has 2 N–H and O–H groups in total. The van der Waals surface area contributed by atoms with Gasteiger partial charge in [0.2, 0.25) is 0 Å². The van der Waals surface area contributed by atoms with Gasteiger partial charge in [-0.2, -0.15) is 0 Å². The van der Waals surface area contributed by atoms with E-state index >= 15 is 0 Å². The number of hydrogen-bond acceptors (Lipinski definition) is 1. The highest BCUT2D eigenvalue weighted by atomic mass is 35.5. The Morgan fingerprint density at radius 1 is 1.21 bits per heavy atom. The van der Waals surface area contributed by atoms with Gasteiger partial charge in [0, 0.05) is 6.04 Å². The number of rotatable bonds is 3.